The molecule has 7 heteroatoms. The van der Waals surface area contributed by atoms with E-state index in [1.165, 1.54) is 4.88 Å². The van der Waals surface area contributed by atoms with Gasteiger partial charge in [-0.15, -0.1) is 11.3 Å². The highest BCUT2D eigenvalue weighted by atomic mass is 32.1. The second kappa shape index (κ2) is 6.95. The summed E-state index contributed by atoms with van der Waals surface area (Å²) in [5, 5.41) is 2.10. The standard InChI is InChI=1S/C16H21N5OS/c1-19(6-5-13-4-3-9-23-13)14-10-15(18-12-17-14)21-8-7-20(2)16(22)11-21/h3-4,9-10,12H,5-8,11H2,1-2H3. The van der Waals surface area contributed by atoms with Crippen LogP contribution in [0.3, 0.4) is 0 Å². The number of piperazine rings is 1. The fourth-order valence-corrected chi connectivity index (χ4v) is 3.22. The first kappa shape index (κ1) is 15.7. The van der Waals surface area contributed by atoms with Gasteiger partial charge in [-0.3, -0.25) is 4.79 Å². The van der Waals surface area contributed by atoms with E-state index in [-0.39, 0.29) is 5.91 Å². The number of likely N-dealkylation sites (N-methyl/N-ethyl adjacent to an activating group) is 2. The molecule has 0 atom stereocenters. The maximum Gasteiger partial charge on any atom is 0.241 e. The van der Waals surface area contributed by atoms with E-state index in [9.17, 15) is 4.79 Å². The molecular weight excluding hydrogens is 310 g/mol. The first-order chi connectivity index (χ1) is 11.1. The highest BCUT2D eigenvalue weighted by molar-refractivity contribution is 7.09. The summed E-state index contributed by atoms with van der Waals surface area (Å²) in [6.07, 6.45) is 2.58. The van der Waals surface area contributed by atoms with E-state index in [0.717, 1.165) is 37.7 Å². The van der Waals surface area contributed by atoms with Crippen LogP contribution in [0.15, 0.2) is 29.9 Å². The van der Waals surface area contributed by atoms with E-state index in [2.05, 4.69) is 32.4 Å². The van der Waals surface area contributed by atoms with Crippen molar-refractivity contribution < 1.29 is 4.79 Å². The molecule has 1 fully saturated rings. The summed E-state index contributed by atoms with van der Waals surface area (Å²) in [5.74, 6) is 1.83. The molecule has 1 saturated heterocycles. The Balaban J connectivity index is 1.65. The van der Waals surface area contributed by atoms with Crippen LogP contribution in [0.1, 0.15) is 4.88 Å². The Bertz CT molecular complexity index is 660. The summed E-state index contributed by atoms with van der Waals surface area (Å²) in [6.45, 7) is 2.81. The van der Waals surface area contributed by atoms with Gasteiger partial charge < -0.3 is 14.7 Å². The Morgan fingerprint density at radius 1 is 1.35 bits per heavy atom. The summed E-state index contributed by atoms with van der Waals surface area (Å²) >= 11 is 1.78. The van der Waals surface area contributed by atoms with Gasteiger partial charge in [0.25, 0.3) is 0 Å². The van der Waals surface area contributed by atoms with Crippen LogP contribution in [0, 0.1) is 0 Å². The molecule has 0 aliphatic carbocycles. The van der Waals surface area contributed by atoms with Gasteiger partial charge in [0.15, 0.2) is 0 Å². The molecule has 1 aliphatic heterocycles. The summed E-state index contributed by atoms with van der Waals surface area (Å²) < 4.78 is 0. The Labute approximate surface area is 140 Å². The van der Waals surface area contributed by atoms with E-state index in [1.807, 2.05) is 25.1 Å². The summed E-state index contributed by atoms with van der Waals surface area (Å²) in [4.78, 5) is 27.8. The molecule has 0 N–H and O–H groups in total. The number of rotatable bonds is 5. The van der Waals surface area contributed by atoms with E-state index < -0.39 is 0 Å². The van der Waals surface area contributed by atoms with E-state index in [0.29, 0.717) is 6.54 Å². The molecule has 0 aromatic carbocycles. The predicted octanol–water partition coefficient (Wildman–Crippen LogP) is 1.50. The third-order valence-corrected chi connectivity index (χ3v) is 5.02. The molecule has 2 aromatic heterocycles. The van der Waals surface area contributed by atoms with Gasteiger partial charge in [-0.05, 0) is 17.9 Å². The Kier molecular flexibility index (Phi) is 4.76. The van der Waals surface area contributed by atoms with Crippen LogP contribution in [0.5, 0.6) is 0 Å². The SMILES string of the molecule is CN1CCN(c2cc(N(C)CCc3cccs3)ncn2)CC1=O. The van der Waals surface area contributed by atoms with Gasteiger partial charge in [-0.25, -0.2) is 9.97 Å². The molecule has 0 bridgehead atoms. The lowest BCUT2D eigenvalue weighted by molar-refractivity contribution is -0.129. The molecule has 3 rings (SSSR count). The lowest BCUT2D eigenvalue weighted by atomic mass is 10.3. The Morgan fingerprint density at radius 2 is 2.22 bits per heavy atom. The predicted molar refractivity (Wildman–Crippen MR) is 93.2 cm³/mol. The molecule has 0 spiro atoms. The number of amides is 1. The number of anilines is 2. The number of aromatic nitrogens is 2. The van der Waals surface area contributed by atoms with Crippen LogP contribution in [0.2, 0.25) is 0 Å². The van der Waals surface area contributed by atoms with Crippen LogP contribution in [0.25, 0.3) is 0 Å². The third kappa shape index (κ3) is 3.79. The van der Waals surface area contributed by atoms with Crippen molar-refractivity contribution >= 4 is 28.9 Å². The number of carbonyl (C=O) groups is 1. The molecular formula is C16H21N5OS. The fourth-order valence-electron chi connectivity index (χ4n) is 2.52. The van der Waals surface area contributed by atoms with E-state index in [1.54, 1.807) is 22.6 Å². The maximum absolute atomic E-state index is 11.9. The van der Waals surface area contributed by atoms with Gasteiger partial charge in [0.2, 0.25) is 5.91 Å². The zero-order chi connectivity index (χ0) is 16.2. The van der Waals surface area contributed by atoms with E-state index in [4.69, 9.17) is 0 Å². The van der Waals surface area contributed by atoms with Gasteiger partial charge in [0.05, 0.1) is 6.54 Å². The number of hydrogen-bond donors (Lipinski definition) is 0. The van der Waals surface area contributed by atoms with Crippen molar-refractivity contribution in [2.75, 3.05) is 50.1 Å². The van der Waals surface area contributed by atoms with Crippen LogP contribution in [0.4, 0.5) is 11.6 Å². The monoisotopic (exact) mass is 331 g/mol. The number of hydrogen-bond acceptors (Lipinski definition) is 6. The smallest absolute Gasteiger partial charge is 0.241 e. The molecule has 3 heterocycles. The van der Waals surface area contributed by atoms with Crippen molar-refractivity contribution in [3.63, 3.8) is 0 Å². The van der Waals surface area contributed by atoms with Crippen molar-refractivity contribution in [3.8, 4) is 0 Å². The molecule has 122 valence electrons. The fraction of sp³-hybridized carbons (Fsp3) is 0.438. The van der Waals surface area contributed by atoms with Gasteiger partial charge in [0.1, 0.15) is 18.0 Å². The second-order valence-electron chi connectivity index (χ2n) is 5.72. The van der Waals surface area contributed by atoms with Gasteiger partial charge in [-0.1, -0.05) is 6.07 Å². The quantitative estimate of drug-likeness (QED) is 0.831. The molecule has 23 heavy (non-hydrogen) atoms. The van der Waals surface area contributed by atoms with Crippen molar-refractivity contribution in [2.24, 2.45) is 0 Å². The normalized spacial score (nSPS) is 15.1. The molecule has 1 aliphatic rings. The Morgan fingerprint density at radius 3 is 2.96 bits per heavy atom. The second-order valence-corrected chi connectivity index (χ2v) is 6.75. The maximum atomic E-state index is 11.9. The molecule has 0 unspecified atom stereocenters. The van der Waals surface area contributed by atoms with Crippen LogP contribution < -0.4 is 9.80 Å². The lowest BCUT2D eigenvalue weighted by Crippen LogP contribution is -2.48. The van der Waals surface area contributed by atoms with E-state index >= 15 is 0 Å². The number of nitrogens with zero attached hydrogens (tertiary/aromatic N) is 5. The van der Waals surface area contributed by atoms with Crippen molar-refractivity contribution in [1.82, 2.24) is 14.9 Å². The summed E-state index contributed by atoms with van der Waals surface area (Å²) in [7, 11) is 3.87. The minimum Gasteiger partial charge on any atom is -0.359 e. The Hall–Kier alpha value is -2.15. The zero-order valence-electron chi connectivity index (χ0n) is 13.5. The van der Waals surface area contributed by atoms with Crippen molar-refractivity contribution in [3.05, 3.63) is 34.8 Å². The summed E-state index contributed by atoms with van der Waals surface area (Å²) in [5.41, 5.74) is 0. The average Bonchev–Trinajstić information content (AvgIpc) is 3.09. The highest BCUT2D eigenvalue weighted by Gasteiger charge is 2.22. The molecule has 6 nitrogen and oxygen atoms in total. The first-order valence-corrected chi connectivity index (χ1v) is 8.56. The first-order valence-electron chi connectivity index (χ1n) is 7.68. The molecule has 2 aromatic rings. The van der Waals surface area contributed by atoms with Gasteiger partial charge in [-0.2, -0.15) is 0 Å². The third-order valence-electron chi connectivity index (χ3n) is 4.08. The minimum absolute atomic E-state index is 0.127. The molecule has 0 radical (unpaired) electrons. The molecule has 0 saturated carbocycles. The lowest BCUT2D eigenvalue weighted by Gasteiger charge is -2.33. The highest BCUT2D eigenvalue weighted by Crippen LogP contribution is 2.19. The van der Waals surface area contributed by atoms with Crippen LogP contribution in [-0.2, 0) is 11.2 Å². The zero-order valence-corrected chi connectivity index (χ0v) is 14.3. The van der Waals surface area contributed by atoms with Gasteiger partial charge >= 0.3 is 0 Å². The number of thiophene rings is 1. The van der Waals surface area contributed by atoms with Crippen molar-refractivity contribution in [2.45, 2.75) is 6.42 Å². The number of carbonyl (C=O) groups excluding carboxylic acids is 1. The van der Waals surface area contributed by atoms with Crippen LogP contribution in [-0.4, -0.2) is 61.0 Å². The van der Waals surface area contributed by atoms with Crippen LogP contribution >= 0.6 is 11.3 Å². The molecule has 1 amide bonds. The van der Waals surface area contributed by atoms with Crippen molar-refractivity contribution in [1.29, 1.82) is 0 Å². The largest absolute Gasteiger partial charge is 0.359 e. The summed E-state index contributed by atoms with van der Waals surface area (Å²) in [6, 6.07) is 6.19. The minimum atomic E-state index is 0.127. The average molecular weight is 331 g/mol. The topological polar surface area (TPSA) is 52.6 Å². The van der Waals surface area contributed by atoms with Gasteiger partial charge in [0, 0.05) is 44.7 Å².